The molecule has 0 aliphatic heterocycles. The third-order valence-electron chi connectivity index (χ3n) is 2.42. The fourth-order valence-corrected chi connectivity index (χ4v) is 1.72. The highest BCUT2D eigenvalue weighted by Crippen LogP contribution is 2.23. The summed E-state index contributed by atoms with van der Waals surface area (Å²) in [4.78, 5) is 0. The minimum atomic E-state index is -1.52. The van der Waals surface area contributed by atoms with Crippen molar-refractivity contribution < 1.29 is 19.7 Å². The second-order valence-corrected chi connectivity index (χ2v) is 3.35. The molecule has 2 rings (SSSR count). The molecule has 2 aromatic rings. The fraction of sp³-hybridized carbons (Fsp3) is 0. The first-order valence-electron chi connectivity index (χ1n) is 4.85. The maximum atomic E-state index is 9.21. The minimum Gasteiger partial charge on any atom is -0.538 e. The molecule has 0 radical (unpaired) electrons. The first-order valence-corrected chi connectivity index (χ1v) is 4.85. The Morgan fingerprint density at radius 2 is 1.69 bits per heavy atom. The molecular formula is C10H10B2O4. The van der Waals surface area contributed by atoms with Crippen LogP contribution in [0.2, 0.25) is 0 Å². The molecule has 0 saturated carbocycles. The average molecular weight is 216 g/mol. The fourth-order valence-electron chi connectivity index (χ4n) is 1.72. The van der Waals surface area contributed by atoms with Crippen molar-refractivity contribution in [3.63, 3.8) is 0 Å². The third kappa shape index (κ3) is 1.90. The summed E-state index contributed by atoms with van der Waals surface area (Å²) in [5.41, 5.74) is 0.417. The second-order valence-electron chi connectivity index (χ2n) is 3.35. The van der Waals surface area contributed by atoms with Crippen molar-refractivity contribution in [1.82, 2.24) is 0 Å². The van der Waals surface area contributed by atoms with Gasteiger partial charge in [-0.15, -0.1) is 0 Å². The van der Waals surface area contributed by atoms with Crippen LogP contribution in [0.5, 0.6) is 5.75 Å². The third-order valence-corrected chi connectivity index (χ3v) is 2.42. The zero-order valence-corrected chi connectivity index (χ0v) is 8.50. The van der Waals surface area contributed by atoms with Crippen LogP contribution in [0, 0.1) is 0 Å². The van der Waals surface area contributed by atoms with E-state index in [-0.39, 0.29) is 0 Å². The molecule has 0 saturated heterocycles. The summed E-state index contributed by atoms with van der Waals surface area (Å²) in [6.45, 7) is 0. The van der Waals surface area contributed by atoms with Gasteiger partial charge in [-0.25, -0.2) is 0 Å². The van der Waals surface area contributed by atoms with Gasteiger partial charge in [-0.2, -0.15) is 0 Å². The van der Waals surface area contributed by atoms with E-state index in [1.807, 2.05) is 6.07 Å². The lowest BCUT2D eigenvalue weighted by Gasteiger charge is -2.10. The molecule has 3 N–H and O–H groups in total. The van der Waals surface area contributed by atoms with Gasteiger partial charge in [0.05, 0.1) is 0 Å². The molecule has 0 heterocycles. The molecule has 0 fully saturated rings. The minimum absolute atomic E-state index is 0.412. The van der Waals surface area contributed by atoms with Crippen LogP contribution in [-0.4, -0.2) is 29.9 Å². The zero-order valence-electron chi connectivity index (χ0n) is 8.50. The van der Waals surface area contributed by atoms with Crippen molar-refractivity contribution in [2.24, 2.45) is 0 Å². The van der Waals surface area contributed by atoms with Gasteiger partial charge in [0.2, 0.25) is 0 Å². The van der Waals surface area contributed by atoms with Crippen molar-refractivity contribution in [2.75, 3.05) is 0 Å². The van der Waals surface area contributed by atoms with E-state index in [1.165, 1.54) is 0 Å². The van der Waals surface area contributed by atoms with Gasteiger partial charge in [0, 0.05) is 5.39 Å². The summed E-state index contributed by atoms with van der Waals surface area (Å²) in [7, 11) is -1.93. The quantitative estimate of drug-likeness (QED) is 0.584. The monoisotopic (exact) mass is 216 g/mol. The Balaban J connectivity index is 2.67. The largest absolute Gasteiger partial charge is 0.538 e. The SMILES string of the molecule is OBOc1ccc(B(O)O)c2ccccc12. The lowest BCUT2D eigenvalue weighted by atomic mass is 9.77. The van der Waals surface area contributed by atoms with Crippen molar-refractivity contribution in [1.29, 1.82) is 0 Å². The first-order chi connectivity index (χ1) is 7.74. The van der Waals surface area contributed by atoms with Crippen LogP contribution in [0.15, 0.2) is 36.4 Å². The molecule has 0 aliphatic rings. The number of hydrogen-bond acceptors (Lipinski definition) is 4. The van der Waals surface area contributed by atoms with Crippen LogP contribution in [-0.2, 0) is 0 Å². The Hall–Kier alpha value is -1.49. The van der Waals surface area contributed by atoms with Crippen LogP contribution in [0.1, 0.15) is 0 Å². The topological polar surface area (TPSA) is 69.9 Å². The highest BCUT2D eigenvalue weighted by Gasteiger charge is 2.16. The molecule has 6 heteroatoms. The molecule has 0 unspecified atom stereocenters. The normalized spacial score (nSPS) is 10.2. The molecule has 4 nitrogen and oxygen atoms in total. The lowest BCUT2D eigenvalue weighted by molar-refractivity contribution is 0.426. The summed E-state index contributed by atoms with van der Waals surface area (Å²) < 4.78 is 5.05. The van der Waals surface area contributed by atoms with E-state index in [1.54, 1.807) is 30.3 Å². The number of fused-ring (bicyclic) bond motifs is 1. The lowest BCUT2D eigenvalue weighted by Crippen LogP contribution is -2.30. The van der Waals surface area contributed by atoms with E-state index in [9.17, 15) is 10.0 Å². The molecule has 16 heavy (non-hydrogen) atoms. The Morgan fingerprint density at radius 3 is 2.31 bits per heavy atom. The predicted molar refractivity (Wildman–Crippen MR) is 63.8 cm³/mol. The second kappa shape index (κ2) is 4.57. The Morgan fingerprint density at radius 1 is 1.00 bits per heavy atom. The predicted octanol–water partition coefficient (Wildman–Crippen LogP) is -0.843. The van der Waals surface area contributed by atoms with Gasteiger partial charge in [0.25, 0.3) is 0 Å². The van der Waals surface area contributed by atoms with E-state index < -0.39 is 14.8 Å². The summed E-state index contributed by atoms with van der Waals surface area (Å²) in [5.74, 6) is 0.516. The number of hydrogen-bond donors (Lipinski definition) is 3. The standard InChI is InChI=1S/C10H10B2O4/c13-11-16-10-6-5-9(12(14)15)7-3-1-2-4-8(7)10/h1-6,11,13-15H. The van der Waals surface area contributed by atoms with E-state index in [0.717, 1.165) is 5.39 Å². The van der Waals surface area contributed by atoms with E-state index in [0.29, 0.717) is 16.6 Å². The van der Waals surface area contributed by atoms with Gasteiger partial charge in [0.1, 0.15) is 5.75 Å². The molecule has 2 aromatic carbocycles. The van der Waals surface area contributed by atoms with Crippen LogP contribution >= 0.6 is 0 Å². The molecule has 0 aromatic heterocycles. The van der Waals surface area contributed by atoms with Gasteiger partial charge in [-0.1, -0.05) is 30.3 Å². The van der Waals surface area contributed by atoms with Gasteiger partial charge < -0.3 is 19.7 Å². The van der Waals surface area contributed by atoms with Crippen molar-refractivity contribution >= 4 is 31.0 Å². The van der Waals surface area contributed by atoms with Crippen LogP contribution < -0.4 is 10.1 Å². The molecule has 0 amide bonds. The van der Waals surface area contributed by atoms with Crippen molar-refractivity contribution in [3.8, 4) is 5.75 Å². The van der Waals surface area contributed by atoms with Gasteiger partial charge >= 0.3 is 14.8 Å². The van der Waals surface area contributed by atoms with Crippen molar-refractivity contribution in [2.45, 2.75) is 0 Å². The maximum Gasteiger partial charge on any atom is 0.504 e. The van der Waals surface area contributed by atoms with E-state index in [2.05, 4.69) is 0 Å². The van der Waals surface area contributed by atoms with E-state index >= 15 is 0 Å². The summed E-state index contributed by atoms with van der Waals surface area (Å²) in [6.07, 6.45) is 0. The average Bonchev–Trinajstić information content (AvgIpc) is 2.29. The zero-order chi connectivity index (χ0) is 11.5. The van der Waals surface area contributed by atoms with Gasteiger partial charge in [-0.3, -0.25) is 0 Å². The van der Waals surface area contributed by atoms with Crippen molar-refractivity contribution in [3.05, 3.63) is 36.4 Å². The molecule has 80 valence electrons. The Labute approximate surface area is 93.6 Å². The number of benzene rings is 2. The highest BCUT2D eigenvalue weighted by molar-refractivity contribution is 6.62. The maximum absolute atomic E-state index is 9.21. The number of rotatable bonds is 3. The van der Waals surface area contributed by atoms with Gasteiger partial charge in [-0.05, 0) is 16.9 Å². The van der Waals surface area contributed by atoms with Crippen LogP contribution in [0.3, 0.4) is 0 Å². The first kappa shape index (κ1) is 11.0. The molecule has 0 bridgehead atoms. The Kier molecular flexibility index (Phi) is 3.14. The highest BCUT2D eigenvalue weighted by atomic mass is 16.5. The summed E-state index contributed by atoms with van der Waals surface area (Å²) in [5, 5.41) is 28.6. The smallest absolute Gasteiger partial charge is 0.504 e. The Bertz CT molecular complexity index is 501. The van der Waals surface area contributed by atoms with E-state index in [4.69, 9.17) is 9.68 Å². The molecule has 0 atom stereocenters. The molecule has 0 spiro atoms. The van der Waals surface area contributed by atoms with Crippen LogP contribution in [0.4, 0.5) is 0 Å². The molecular weight excluding hydrogens is 206 g/mol. The van der Waals surface area contributed by atoms with Crippen LogP contribution in [0.25, 0.3) is 10.8 Å². The summed E-state index contributed by atoms with van der Waals surface area (Å²) >= 11 is 0. The molecule has 0 aliphatic carbocycles. The van der Waals surface area contributed by atoms with Gasteiger partial charge in [0.15, 0.2) is 0 Å². The summed E-state index contributed by atoms with van der Waals surface area (Å²) in [6, 6.07) is 10.4.